The Hall–Kier alpha value is -1.98. The van der Waals surface area contributed by atoms with Gasteiger partial charge in [0.15, 0.2) is 0 Å². The Morgan fingerprint density at radius 1 is 1.33 bits per heavy atom. The first-order valence-corrected chi connectivity index (χ1v) is 5.72. The lowest BCUT2D eigenvalue weighted by Gasteiger charge is -2.15. The Morgan fingerprint density at radius 2 is 2.00 bits per heavy atom. The number of hydrogen-bond donors (Lipinski definition) is 2. The van der Waals surface area contributed by atoms with Gasteiger partial charge in [-0.1, -0.05) is 13.8 Å². The number of carbonyl (C=O) groups excluding carboxylic acids is 1. The zero-order chi connectivity index (χ0) is 13.7. The van der Waals surface area contributed by atoms with Crippen LogP contribution in [0.15, 0.2) is 12.4 Å². The molecule has 1 aromatic heterocycles. The molecule has 0 radical (unpaired) electrons. The van der Waals surface area contributed by atoms with Crippen LogP contribution in [0.2, 0.25) is 0 Å². The Morgan fingerprint density at radius 3 is 2.44 bits per heavy atom. The van der Waals surface area contributed by atoms with Crippen LogP contribution in [-0.4, -0.2) is 33.0 Å². The lowest BCUT2D eigenvalue weighted by molar-refractivity contribution is -0.139. The van der Waals surface area contributed by atoms with Crippen molar-refractivity contribution < 1.29 is 14.7 Å². The zero-order valence-corrected chi connectivity index (χ0v) is 10.7. The van der Waals surface area contributed by atoms with E-state index in [0.29, 0.717) is 12.1 Å². The molecule has 1 amide bonds. The van der Waals surface area contributed by atoms with Crippen LogP contribution in [-0.2, 0) is 4.79 Å². The maximum atomic E-state index is 11.8. The van der Waals surface area contributed by atoms with E-state index in [1.165, 1.54) is 12.4 Å². The molecule has 1 unspecified atom stereocenters. The summed E-state index contributed by atoms with van der Waals surface area (Å²) < 4.78 is 0. The molecule has 0 spiro atoms. The highest BCUT2D eigenvalue weighted by atomic mass is 16.4. The van der Waals surface area contributed by atoms with Crippen molar-refractivity contribution in [2.24, 2.45) is 5.92 Å². The smallest absolute Gasteiger partial charge is 0.326 e. The fourth-order valence-corrected chi connectivity index (χ4v) is 1.43. The number of amides is 1. The molecule has 2 N–H and O–H groups in total. The number of hydrogen-bond acceptors (Lipinski definition) is 4. The van der Waals surface area contributed by atoms with Gasteiger partial charge in [0, 0.05) is 6.20 Å². The summed E-state index contributed by atoms with van der Waals surface area (Å²) in [5.41, 5.74) is 0.819. The van der Waals surface area contributed by atoms with Crippen molar-refractivity contribution in [2.75, 3.05) is 0 Å². The minimum Gasteiger partial charge on any atom is -0.480 e. The first-order valence-electron chi connectivity index (χ1n) is 5.72. The maximum absolute atomic E-state index is 11.8. The van der Waals surface area contributed by atoms with E-state index in [9.17, 15) is 9.59 Å². The number of rotatable bonds is 5. The highest BCUT2D eigenvalue weighted by molar-refractivity contribution is 5.94. The predicted octanol–water partition coefficient (Wildman–Crippen LogP) is 1.01. The monoisotopic (exact) mass is 251 g/mol. The van der Waals surface area contributed by atoms with E-state index < -0.39 is 17.9 Å². The molecule has 0 saturated carbocycles. The van der Waals surface area contributed by atoms with Gasteiger partial charge < -0.3 is 10.4 Å². The molecule has 98 valence electrons. The Bertz CT molecular complexity index is 429. The topological polar surface area (TPSA) is 92.2 Å². The van der Waals surface area contributed by atoms with Gasteiger partial charge >= 0.3 is 5.97 Å². The van der Waals surface area contributed by atoms with Gasteiger partial charge in [-0.2, -0.15) is 0 Å². The van der Waals surface area contributed by atoms with E-state index in [4.69, 9.17) is 5.11 Å². The van der Waals surface area contributed by atoms with Crippen molar-refractivity contribution in [3.63, 3.8) is 0 Å². The molecular weight excluding hydrogens is 234 g/mol. The average molecular weight is 251 g/mol. The number of carbonyl (C=O) groups is 2. The molecule has 0 aliphatic heterocycles. The van der Waals surface area contributed by atoms with Gasteiger partial charge in [-0.3, -0.25) is 9.78 Å². The molecule has 1 rings (SSSR count). The molecular formula is C12H17N3O3. The van der Waals surface area contributed by atoms with Crippen molar-refractivity contribution in [3.05, 3.63) is 23.8 Å². The minimum absolute atomic E-state index is 0.121. The number of aliphatic carboxylic acids is 1. The molecule has 0 aliphatic rings. The van der Waals surface area contributed by atoms with E-state index in [1.807, 2.05) is 13.8 Å². The largest absolute Gasteiger partial charge is 0.480 e. The van der Waals surface area contributed by atoms with Crippen LogP contribution in [0.5, 0.6) is 0 Å². The molecule has 6 heteroatoms. The van der Waals surface area contributed by atoms with Crippen molar-refractivity contribution in [1.29, 1.82) is 0 Å². The van der Waals surface area contributed by atoms with Crippen LogP contribution < -0.4 is 5.32 Å². The Kier molecular flexibility index (Phi) is 4.76. The second-order valence-electron chi connectivity index (χ2n) is 4.54. The number of aromatic nitrogens is 2. The fourth-order valence-electron chi connectivity index (χ4n) is 1.43. The van der Waals surface area contributed by atoms with Gasteiger partial charge in [0.05, 0.1) is 11.9 Å². The van der Waals surface area contributed by atoms with Gasteiger partial charge in [0.1, 0.15) is 11.7 Å². The normalized spacial score (nSPS) is 12.2. The van der Waals surface area contributed by atoms with E-state index in [-0.39, 0.29) is 11.6 Å². The molecule has 0 saturated heterocycles. The Balaban J connectivity index is 2.72. The molecule has 0 aliphatic carbocycles. The van der Waals surface area contributed by atoms with Crippen molar-refractivity contribution >= 4 is 11.9 Å². The molecule has 6 nitrogen and oxygen atoms in total. The molecule has 1 aromatic rings. The molecule has 0 fully saturated rings. The fraction of sp³-hybridized carbons (Fsp3) is 0.500. The van der Waals surface area contributed by atoms with Crippen LogP contribution in [0.3, 0.4) is 0 Å². The first-order chi connectivity index (χ1) is 8.40. The first kappa shape index (κ1) is 14.1. The van der Waals surface area contributed by atoms with Gasteiger partial charge in [-0.05, 0) is 19.3 Å². The number of nitrogens with zero attached hydrogens (tertiary/aromatic N) is 2. The highest BCUT2D eigenvalue weighted by Gasteiger charge is 2.22. The number of carboxylic acid groups (broad SMARTS) is 1. The van der Waals surface area contributed by atoms with Gasteiger partial charge in [-0.25, -0.2) is 9.78 Å². The summed E-state index contributed by atoms with van der Waals surface area (Å²) in [7, 11) is 0. The van der Waals surface area contributed by atoms with Crippen molar-refractivity contribution in [1.82, 2.24) is 15.3 Å². The summed E-state index contributed by atoms with van der Waals surface area (Å²) in [6.45, 7) is 5.55. The van der Waals surface area contributed by atoms with Crippen LogP contribution in [0.4, 0.5) is 0 Å². The minimum atomic E-state index is -1.04. The summed E-state index contributed by atoms with van der Waals surface area (Å²) in [4.78, 5) is 30.6. The summed E-state index contributed by atoms with van der Waals surface area (Å²) >= 11 is 0. The summed E-state index contributed by atoms with van der Waals surface area (Å²) in [5, 5.41) is 11.5. The SMILES string of the molecule is Cc1cnc(C(=O)NC(CC(C)C)C(=O)O)cn1. The van der Waals surface area contributed by atoms with E-state index >= 15 is 0 Å². The quantitative estimate of drug-likeness (QED) is 0.815. The third-order valence-corrected chi connectivity index (χ3v) is 2.32. The third kappa shape index (κ3) is 4.12. The third-order valence-electron chi connectivity index (χ3n) is 2.32. The number of carboxylic acids is 1. The standard InChI is InChI=1S/C12H17N3O3/c1-7(2)4-9(12(17)18)15-11(16)10-6-13-8(3)5-14-10/h5-7,9H,4H2,1-3H3,(H,15,16)(H,17,18). The molecule has 1 heterocycles. The highest BCUT2D eigenvalue weighted by Crippen LogP contribution is 2.06. The number of nitrogens with one attached hydrogen (secondary N) is 1. The van der Waals surface area contributed by atoms with Crippen LogP contribution in [0, 0.1) is 12.8 Å². The molecule has 0 bridgehead atoms. The lowest BCUT2D eigenvalue weighted by atomic mass is 10.0. The summed E-state index contributed by atoms with van der Waals surface area (Å²) in [5.74, 6) is -1.39. The number of aryl methyl sites for hydroxylation is 1. The van der Waals surface area contributed by atoms with Gasteiger partial charge in [0.25, 0.3) is 5.91 Å². The zero-order valence-electron chi connectivity index (χ0n) is 10.7. The van der Waals surface area contributed by atoms with Crippen LogP contribution in [0.1, 0.15) is 36.5 Å². The maximum Gasteiger partial charge on any atom is 0.326 e. The molecule has 1 atom stereocenters. The second-order valence-corrected chi connectivity index (χ2v) is 4.54. The van der Waals surface area contributed by atoms with E-state index in [2.05, 4.69) is 15.3 Å². The Labute approximate surface area is 105 Å². The van der Waals surface area contributed by atoms with Crippen LogP contribution >= 0.6 is 0 Å². The lowest BCUT2D eigenvalue weighted by Crippen LogP contribution is -2.42. The second kappa shape index (κ2) is 6.09. The van der Waals surface area contributed by atoms with Gasteiger partial charge in [-0.15, -0.1) is 0 Å². The van der Waals surface area contributed by atoms with Crippen LogP contribution in [0.25, 0.3) is 0 Å². The summed E-state index contributed by atoms with van der Waals surface area (Å²) in [6.07, 6.45) is 3.17. The van der Waals surface area contributed by atoms with E-state index in [1.54, 1.807) is 6.92 Å². The molecule has 0 aromatic carbocycles. The summed E-state index contributed by atoms with van der Waals surface area (Å²) in [6, 6.07) is -0.902. The van der Waals surface area contributed by atoms with Crippen molar-refractivity contribution in [3.8, 4) is 0 Å². The average Bonchev–Trinajstić information content (AvgIpc) is 2.28. The molecule has 18 heavy (non-hydrogen) atoms. The van der Waals surface area contributed by atoms with E-state index in [0.717, 1.165) is 0 Å². The van der Waals surface area contributed by atoms with Crippen molar-refractivity contribution in [2.45, 2.75) is 33.2 Å². The van der Waals surface area contributed by atoms with Gasteiger partial charge in [0.2, 0.25) is 0 Å². The predicted molar refractivity (Wildman–Crippen MR) is 65.1 cm³/mol.